The van der Waals surface area contributed by atoms with E-state index >= 15 is 4.39 Å². The van der Waals surface area contributed by atoms with Crippen molar-refractivity contribution < 1.29 is 27.0 Å². The van der Waals surface area contributed by atoms with Crippen LogP contribution in [0.15, 0.2) is 42.7 Å². The Morgan fingerprint density at radius 2 is 1.86 bits per heavy atom. The molecule has 1 atom stereocenters. The van der Waals surface area contributed by atoms with Crippen LogP contribution in [0.25, 0.3) is 5.69 Å². The van der Waals surface area contributed by atoms with Gasteiger partial charge in [0.2, 0.25) is 5.95 Å². The van der Waals surface area contributed by atoms with Gasteiger partial charge >= 0.3 is 6.36 Å². The van der Waals surface area contributed by atoms with Gasteiger partial charge in [-0.1, -0.05) is 18.6 Å². The maximum Gasteiger partial charge on any atom is 0.573 e. The Kier molecular flexibility index (Phi) is 6.44. The number of halogens is 4. The second-order valence-corrected chi connectivity index (χ2v) is 8.55. The van der Waals surface area contributed by atoms with Crippen LogP contribution in [0, 0.1) is 12.7 Å². The van der Waals surface area contributed by atoms with Crippen molar-refractivity contribution in [1.29, 1.82) is 0 Å². The van der Waals surface area contributed by atoms with Crippen LogP contribution in [0.4, 0.5) is 29.2 Å². The molecular weight excluding hydrogens is 494 g/mol. The second-order valence-electron chi connectivity index (χ2n) is 8.55. The summed E-state index contributed by atoms with van der Waals surface area (Å²) in [5, 5.41) is 11.6. The van der Waals surface area contributed by atoms with Crippen molar-refractivity contribution in [2.24, 2.45) is 0 Å². The fourth-order valence-electron chi connectivity index (χ4n) is 4.35. The van der Waals surface area contributed by atoms with Gasteiger partial charge in [0.15, 0.2) is 0 Å². The monoisotopic (exact) mass is 517 g/mol. The lowest BCUT2D eigenvalue weighted by atomic mass is 9.93. The van der Waals surface area contributed by atoms with Crippen LogP contribution >= 0.6 is 0 Å². The van der Waals surface area contributed by atoms with E-state index < -0.39 is 12.2 Å². The topological polar surface area (TPSA) is 91.9 Å². The van der Waals surface area contributed by atoms with Crippen molar-refractivity contribution in [1.82, 2.24) is 29.5 Å². The first kappa shape index (κ1) is 24.5. The average molecular weight is 517 g/mol. The van der Waals surface area contributed by atoms with Gasteiger partial charge in [-0.05, 0) is 37.5 Å². The Balaban J connectivity index is 1.42. The molecule has 3 heterocycles. The number of alkyl halides is 3. The predicted molar refractivity (Wildman–Crippen MR) is 125 cm³/mol. The van der Waals surface area contributed by atoms with Gasteiger partial charge in [-0.2, -0.15) is 10.1 Å². The Labute approximate surface area is 209 Å². The van der Waals surface area contributed by atoms with Crippen molar-refractivity contribution in [3.63, 3.8) is 0 Å². The average Bonchev–Trinajstić information content (AvgIpc) is 3.40. The Bertz CT molecular complexity index is 1400. The van der Waals surface area contributed by atoms with Crippen molar-refractivity contribution in [3.8, 4) is 17.2 Å². The molecule has 2 aromatic heterocycles. The van der Waals surface area contributed by atoms with Gasteiger partial charge in [0, 0.05) is 24.6 Å². The van der Waals surface area contributed by atoms with Crippen LogP contribution in [0.1, 0.15) is 42.4 Å². The molecule has 0 radical (unpaired) electrons. The number of hydrogen-bond donors (Lipinski definition) is 1. The Morgan fingerprint density at radius 1 is 1.08 bits per heavy atom. The number of ether oxygens (including phenoxy) is 2. The first-order valence-electron chi connectivity index (χ1n) is 11.5. The van der Waals surface area contributed by atoms with Crippen molar-refractivity contribution in [2.45, 2.75) is 45.0 Å². The summed E-state index contributed by atoms with van der Waals surface area (Å²) in [6.07, 6.45) is -0.791. The molecule has 0 saturated heterocycles. The molecule has 0 unspecified atom stereocenters. The summed E-state index contributed by atoms with van der Waals surface area (Å²) in [5.41, 5.74) is 1.29. The van der Waals surface area contributed by atoms with Crippen LogP contribution in [0.2, 0.25) is 0 Å². The van der Waals surface area contributed by atoms with Crippen molar-refractivity contribution in [3.05, 3.63) is 65.8 Å². The number of nitrogens with zero attached hydrogens (tertiary/aromatic N) is 6. The number of rotatable bonds is 6. The van der Waals surface area contributed by atoms with E-state index in [2.05, 4.69) is 30.2 Å². The van der Waals surface area contributed by atoms with Crippen LogP contribution in [-0.4, -0.2) is 43.0 Å². The van der Waals surface area contributed by atoms with E-state index in [0.29, 0.717) is 29.6 Å². The van der Waals surface area contributed by atoms with E-state index in [1.165, 1.54) is 42.4 Å². The molecule has 0 fully saturated rings. The number of fused-ring (bicyclic) bond motifs is 1. The van der Waals surface area contributed by atoms with Crippen LogP contribution in [0.5, 0.6) is 11.5 Å². The highest BCUT2D eigenvalue weighted by Gasteiger charge is 2.31. The minimum atomic E-state index is -4.76. The normalized spacial score (nSPS) is 15.7. The molecule has 1 N–H and O–H groups in total. The maximum atomic E-state index is 15.1. The zero-order valence-electron chi connectivity index (χ0n) is 20.0. The molecule has 0 bridgehead atoms. The highest BCUT2D eigenvalue weighted by atomic mass is 19.4. The summed E-state index contributed by atoms with van der Waals surface area (Å²) in [6, 6.07) is 8.53. The largest absolute Gasteiger partial charge is 0.573 e. The van der Waals surface area contributed by atoms with E-state index in [9.17, 15) is 13.2 Å². The summed E-state index contributed by atoms with van der Waals surface area (Å²) in [6.45, 7) is 2.34. The first-order valence-corrected chi connectivity index (χ1v) is 11.5. The molecule has 13 heteroatoms. The van der Waals surface area contributed by atoms with E-state index in [4.69, 9.17) is 4.74 Å². The number of aryl methyl sites for hydroxylation is 2. The zero-order valence-corrected chi connectivity index (χ0v) is 20.0. The summed E-state index contributed by atoms with van der Waals surface area (Å²) in [7, 11) is 1.47. The van der Waals surface area contributed by atoms with Crippen LogP contribution in [-0.2, 0) is 6.54 Å². The molecule has 0 aliphatic carbocycles. The molecule has 0 saturated carbocycles. The molecule has 194 valence electrons. The fraction of sp³-hybridized carbons (Fsp3) is 0.333. The highest BCUT2D eigenvalue weighted by molar-refractivity contribution is 5.62. The van der Waals surface area contributed by atoms with Gasteiger partial charge in [0.25, 0.3) is 0 Å². The quantitative estimate of drug-likeness (QED) is 0.348. The van der Waals surface area contributed by atoms with Gasteiger partial charge in [-0.15, -0.1) is 18.3 Å². The second kappa shape index (κ2) is 9.71. The SMILES string of the molecule is COc1cc(Nc2nc3n(n2)CCCC[C@H]3c2ccc(OC(F)(F)F)cc2)c(F)cc1-n1cnc(C)n1. The van der Waals surface area contributed by atoms with Crippen LogP contribution in [0.3, 0.4) is 0 Å². The molecule has 1 aliphatic heterocycles. The summed E-state index contributed by atoms with van der Waals surface area (Å²) >= 11 is 0. The standard InChI is InChI=1S/C24H23F4N7O2/c1-14-29-13-35(32-14)20-11-18(25)19(12-21(20)36-2)30-23-31-22-17(5-3-4-10-34(22)33-23)15-6-8-16(9-7-15)37-24(26,27)28/h6-9,11-13,17H,3-5,10H2,1-2H3,(H,30,33)/t17-/m0/s1. The van der Waals surface area contributed by atoms with Gasteiger partial charge in [-0.3, -0.25) is 0 Å². The number of methoxy groups -OCH3 is 1. The molecule has 5 rings (SSSR count). The maximum absolute atomic E-state index is 15.1. The lowest BCUT2D eigenvalue weighted by Gasteiger charge is -2.15. The third-order valence-corrected chi connectivity index (χ3v) is 6.01. The zero-order chi connectivity index (χ0) is 26.2. The smallest absolute Gasteiger partial charge is 0.494 e. The molecule has 37 heavy (non-hydrogen) atoms. The third-order valence-electron chi connectivity index (χ3n) is 6.01. The van der Waals surface area contributed by atoms with E-state index in [-0.39, 0.29) is 23.3 Å². The number of aromatic nitrogens is 6. The molecule has 4 aromatic rings. The van der Waals surface area contributed by atoms with E-state index in [1.54, 1.807) is 23.7 Å². The minimum absolute atomic E-state index is 0.114. The van der Waals surface area contributed by atoms with Gasteiger partial charge < -0.3 is 14.8 Å². The molecule has 1 aliphatic rings. The number of hydrogen-bond acceptors (Lipinski definition) is 7. The van der Waals surface area contributed by atoms with Crippen molar-refractivity contribution in [2.75, 3.05) is 12.4 Å². The molecule has 9 nitrogen and oxygen atoms in total. The number of anilines is 2. The Morgan fingerprint density at radius 3 is 2.54 bits per heavy atom. The lowest BCUT2D eigenvalue weighted by molar-refractivity contribution is -0.274. The predicted octanol–water partition coefficient (Wildman–Crippen LogP) is 5.27. The van der Waals surface area contributed by atoms with Gasteiger partial charge in [0.05, 0.1) is 12.8 Å². The number of benzene rings is 2. The fourth-order valence-corrected chi connectivity index (χ4v) is 4.35. The molecule has 0 spiro atoms. The lowest BCUT2D eigenvalue weighted by Crippen LogP contribution is -2.17. The third kappa shape index (κ3) is 5.34. The molecular formula is C24H23F4N7O2. The van der Waals surface area contributed by atoms with E-state index in [0.717, 1.165) is 24.8 Å². The number of nitrogens with one attached hydrogen (secondary N) is 1. The summed E-state index contributed by atoms with van der Waals surface area (Å²) in [4.78, 5) is 8.68. The van der Waals surface area contributed by atoms with E-state index in [1.807, 2.05) is 0 Å². The summed E-state index contributed by atoms with van der Waals surface area (Å²) < 4.78 is 65.2. The highest BCUT2D eigenvalue weighted by Crippen LogP contribution is 2.35. The minimum Gasteiger partial charge on any atom is -0.494 e. The summed E-state index contributed by atoms with van der Waals surface area (Å²) in [5.74, 6) is 0.700. The van der Waals surface area contributed by atoms with Crippen LogP contribution < -0.4 is 14.8 Å². The molecule has 2 aromatic carbocycles. The van der Waals surface area contributed by atoms with Gasteiger partial charge in [0.1, 0.15) is 41.0 Å². The molecule has 0 amide bonds. The van der Waals surface area contributed by atoms with Crippen molar-refractivity contribution >= 4 is 11.6 Å². The Hall–Kier alpha value is -4.16. The first-order chi connectivity index (χ1) is 17.7. The van der Waals surface area contributed by atoms with Gasteiger partial charge in [-0.25, -0.2) is 18.7 Å².